The highest BCUT2D eigenvalue weighted by Gasteiger charge is 2.28. The molecule has 3 aromatic rings. The van der Waals surface area contributed by atoms with Crippen molar-refractivity contribution < 1.29 is 14.3 Å². The number of aromatic nitrogens is 4. The van der Waals surface area contributed by atoms with E-state index in [1.807, 2.05) is 31.6 Å². The summed E-state index contributed by atoms with van der Waals surface area (Å²) in [7, 11) is 0. The Balaban J connectivity index is 1.44. The summed E-state index contributed by atoms with van der Waals surface area (Å²) in [5, 5.41) is 7.21. The third-order valence-electron chi connectivity index (χ3n) is 5.61. The van der Waals surface area contributed by atoms with Crippen LogP contribution in [0.3, 0.4) is 0 Å². The molecule has 1 aromatic carbocycles. The Morgan fingerprint density at radius 3 is 2.51 bits per heavy atom. The van der Waals surface area contributed by atoms with E-state index in [0.717, 1.165) is 12.8 Å². The number of anilines is 3. The number of hydrogen-bond donors (Lipinski definition) is 3. The van der Waals surface area contributed by atoms with Crippen molar-refractivity contribution in [2.45, 2.75) is 45.3 Å². The molecule has 3 heterocycles. The molecule has 1 aliphatic heterocycles. The van der Waals surface area contributed by atoms with Gasteiger partial charge in [-0.1, -0.05) is 12.1 Å². The van der Waals surface area contributed by atoms with Crippen LogP contribution < -0.4 is 16.8 Å². The number of nitrogens with zero attached hydrogens (tertiary/aromatic N) is 5. The molecule has 2 amide bonds. The molecule has 0 aliphatic carbocycles. The van der Waals surface area contributed by atoms with Gasteiger partial charge in [0.1, 0.15) is 5.60 Å². The zero-order chi connectivity index (χ0) is 25.2. The van der Waals surface area contributed by atoms with Crippen molar-refractivity contribution in [3.05, 3.63) is 48.5 Å². The molecule has 0 bridgehead atoms. The molecule has 1 fully saturated rings. The number of para-hydroxylation sites is 2. The van der Waals surface area contributed by atoms with E-state index < -0.39 is 11.5 Å². The third-order valence-corrected chi connectivity index (χ3v) is 5.61. The van der Waals surface area contributed by atoms with Gasteiger partial charge in [-0.15, -0.1) is 0 Å². The van der Waals surface area contributed by atoms with Crippen LogP contribution in [0.5, 0.6) is 0 Å². The van der Waals surface area contributed by atoms with E-state index >= 15 is 0 Å². The summed E-state index contributed by atoms with van der Waals surface area (Å²) in [4.78, 5) is 35.4. The minimum absolute atomic E-state index is 0.00386. The topological polar surface area (TPSA) is 154 Å². The van der Waals surface area contributed by atoms with Crippen molar-refractivity contribution >= 4 is 29.2 Å². The number of amides is 2. The number of nitrogen functional groups attached to an aromatic ring is 2. The fourth-order valence-electron chi connectivity index (χ4n) is 3.81. The minimum atomic E-state index is -0.519. The lowest BCUT2D eigenvalue weighted by atomic mass is 10.1. The monoisotopic (exact) mass is 478 g/mol. The number of hydrogen-bond acceptors (Lipinski definition) is 8. The summed E-state index contributed by atoms with van der Waals surface area (Å²) < 4.78 is 7.33. The van der Waals surface area contributed by atoms with E-state index in [4.69, 9.17) is 16.2 Å². The lowest BCUT2D eigenvalue weighted by Crippen LogP contribution is -2.42. The Morgan fingerprint density at radius 2 is 1.83 bits per heavy atom. The molecule has 1 aliphatic rings. The summed E-state index contributed by atoms with van der Waals surface area (Å²) in [5.41, 5.74) is 13.4. The highest BCUT2D eigenvalue weighted by atomic mass is 16.6. The predicted octanol–water partition coefficient (Wildman–Crippen LogP) is 3.33. The van der Waals surface area contributed by atoms with Crippen molar-refractivity contribution in [2.24, 2.45) is 0 Å². The number of benzene rings is 1. The maximum absolute atomic E-state index is 12.8. The minimum Gasteiger partial charge on any atom is -0.444 e. The van der Waals surface area contributed by atoms with Crippen molar-refractivity contribution in [1.29, 1.82) is 0 Å². The average molecular weight is 479 g/mol. The van der Waals surface area contributed by atoms with Gasteiger partial charge in [-0.2, -0.15) is 5.10 Å². The molecule has 0 spiro atoms. The SMILES string of the molecule is CC(C)(C)OC(=O)N1CCC(n2cc(-c3cnc(N)c(C(=O)Nc4ccccc4N)n3)cn2)CC1. The van der Waals surface area contributed by atoms with Gasteiger partial charge in [0, 0.05) is 24.8 Å². The van der Waals surface area contributed by atoms with E-state index in [2.05, 4.69) is 20.4 Å². The number of carbonyl (C=O) groups excluding carboxylic acids is 2. The molecule has 0 unspecified atom stereocenters. The Morgan fingerprint density at radius 1 is 1.11 bits per heavy atom. The van der Waals surface area contributed by atoms with Crippen molar-refractivity contribution in [2.75, 3.05) is 29.9 Å². The average Bonchev–Trinajstić information content (AvgIpc) is 3.30. The summed E-state index contributed by atoms with van der Waals surface area (Å²) in [6, 6.07) is 7.06. The van der Waals surface area contributed by atoms with Crippen LogP contribution in [0.25, 0.3) is 11.3 Å². The maximum Gasteiger partial charge on any atom is 0.410 e. The Labute approximate surface area is 203 Å². The zero-order valence-corrected chi connectivity index (χ0v) is 20.1. The number of nitrogens with two attached hydrogens (primary N) is 2. The van der Waals surface area contributed by atoms with E-state index in [1.54, 1.807) is 35.4 Å². The van der Waals surface area contributed by atoms with Gasteiger partial charge in [-0.25, -0.2) is 14.8 Å². The first-order valence-electron chi connectivity index (χ1n) is 11.4. The fourth-order valence-corrected chi connectivity index (χ4v) is 3.81. The van der Waals surface area contributed by atoms with Gasteiger partial charge < -0.3 is 26.4 Å². The van der Waals surface area contributed by atoms with E-state index in [9.17, 15) is 9.59 Å². The second-order valence-corrected chi connectivity index (χ2v) is 9.44. The molecule has 11 heteroatoms. The van der Waals surface area contributed by atoms with E-state index in [-0.39, 0.29) is 23.6 Å². The molecular formula is C24H30N8O3. The fraction of sp³-hybridized carbons (Fsp3) is 0.375. The molecular weight excluding hydrogens is 448 g/mol. The van der Waals surface area contributed by atoms with Crippen LogP contribution in [-0.2, 0) is 4.74 Å². The van der Waals surface area contributed by atoms with E-state index in [1.165, 1.54) is 6.20 Å². The third kappa shape index (κ3) is 5.68. The van der Waals surface area contributed by atoms with Crippen molar-refractivity contribution in [1.82, 2.24) is 24.6 Å². The van der Waals surface area contributed by atoms with Crippen LogP contribution in [0.1, 0.15) is 50.1 Å². The van der Waals surface area contributed by atoms with E-state index in [0.29, 0.717) is 35.7 Å². The quantitative estimate of drug-likeness (QED) is 0.482. The van der Waals surface area contributed by atoms with Gasteiger partial charge >= 0.3 is 6.09 Å². The predicted molar refractivity (Wildman–Crippen MR) is 133 cm³/mol. The number of likely N-dealkylation sites (tertiary alicyclic amines) is 1. The smallest absolute Gasteiger partial charge is 0.410 e. The first kappa shape index (κ1) is 24.0. The normalized spacial score (nSPS) is 14.5. The van der Waals surface area contributed by atoms with Gasteiger partial charge in [0.15, 0.2) is 11.5 Å². The Bertz CT molecular complexity index is 1230. The van der Waals surface area contributed by atoms with Crippen LogP contribution in [0, 0.1) is 0 Å². The molecule has 184 valence electrons. The first-order chi connectivity index (χ1) is 16.6. The summed E-state index contributed by atoms with van der Waals surface area (Å²) in [5.74, 6) is -0.487. The maximum atomic E-state index is 12.8. The Hall–Kier alpha value is -4.15. The highest BCUT2D eigenvalue weighted by Crippen LogP contribution is 2.26. The highest BCUT2D eigenvalue weighted by molar-refractivity contribution is 6.07. The molecule has 35 heavy (non-hydrogen) atoms. The molecule has 5 N–H and O–H groups in total. The second-order valence-electron chi connectivity index (χ2n) is 9.44. The number of carbonyl (C=O) groups is 2. The van der Waals surface area contributed by atoms with Gasteiger partial charge in [0.05, 0.1) is 35.5 Å². The summed E-state index contributed by atoms with van der Waals surface area (Å²) in [6.07, 6.45) is 6.26. The van der Waals surface area contributed by atoms with Crippen LogP contribution in [0.2, 0.25) is 0 Å². The molecule has 0 radical (unpaired) electrons. The van der Waals surface area contributed by atoms with Crippen molar-refractivity contribution in [3.8, 4) is 11.3 Å². The molecule has 11 nitrogen and oxygen atoms in total. The molecule has 4 rings (SSSR count). The van der Waals surface area contributed by atoms with Gasteiger partial charge in [0.25, 0.3) is 5.91 Å². The Kier molecular flexibility index (Phi) is 6.59. The first-order valence-corrected chi connectivity index (χ1v) is 11.4. The van der Waals surface area contributed by atoms with Crippen LogP contribution in [0.4, 0.5) is 22.0 Å². The zero-order valence-electron chi connectivity index (χ0n) is 20.1. The largest absolute Gasteiger partial charge is 0.444 e. The molecule has 0 atom stereocenters. The lowest BCUT2D eigenvalue weighted by Gasteiger charge is -2.33. The van der Waals surface area contributed by atoms with Crippen LogP contribution in [0.15, 0.2) is 42.9 Å². The van der Waals surface area contributed by atoms with Gasteiger partial charge in [0.2, 0.25) is 0 Å². The van der Waals surface area contributed by atoms with Crippen molar-refractivity contribution in [3.63, 3.8) is 0 Å². The molecule has 1 saturated heterocycles. The number of rotatable bonds is 4. The second kappa shape index (κ2) is 9.61. The molecule has 0 saturated carbocycles. The number of nitrogens with one attached hydrogen (secondary N) is 1. The summed E-state index contributed by atoms with van der Waals surface area (Å²) in [6.45, 7) is 6.74. The lowest BCUT2D eigenvalue weighted by molar-refractivity contribution is 0.0184. The van der Waals surface area contributed by atoms with Gasteiger partial charge in [-0.05, 0) is 45.7 Å². The summed E-state index contributed by atoms with van der Waals surface area (Å²) >= 11 is 0. The number of ether oxygens (including phenoxy) is 1. The standard InChI is InChI=1S/C24H30N8O3/c1-24(2,3)35-23(34)31-10-8-16(9-11-31)32-14-15(12-28-32)19-13-27-21(26)20(29-19)22(33)30-18-7-5-4-6-17(18)25/h4-7,12-14,16H,8-11,25H2,1-3H3,(H2,26,27)(H,30,33). The number of piperidine rings is 1. The van der Waals surface area contributed by atoms with Gasteiger partial charge in [-0.3, -0.25) is 9.48 Å². The van der Waals surface area contributed by atoms with Crippen LogP contribution >= 0.6 is 0 Å². The molecule has 2 aromatic heterocycles. The van der Waals surface area contributed by atoms with Crippen LogP contribution in [-0.4, -0.2) is 55.3 Å².